The second-order valence-electron chi connectivity index (χ2n) is 8.09. The Morgan fingerprint density at radius 3 is 2.70 bits per heavy atom. The lowest BCUT2D eigenvalue weighted by Gasteiger charge is -2.33. The Hall–Kier alpha value is -1.88. The van der Waals surface area contributed by atoms with Crippen LogP contribution in [-0.2, 0) is 19.1 Å². The van der Waals surface area contributed by atoms with Crippen LogP contribution in [0.4, 0.5) is 0 Å². The van der Waals surface area contributed by atoms with Crippen molar-refractivity contribution in [3.05, 3.63) is 35.5 Å². The molecule has 2 rings (SSSR count). The Labute approximate surface area is 162 Å². The largest absolute Gasteiger partial charge is 0.458 e. The highest BCUT2D eigenvalue weighted by atomic mass is 16.6. The van der Waals surface area contributed by atoms with Crippen LogP contribution in [0.5, 0.6) is 0 Å². The molecule has 5 nitrogen and oxygen atoms in total. The van der Waals surface area contributed by atoms with Gasteiger partial charge in [-0.15, -0.1) is 0 Å². The molecule has 27 heavy (non-hydrogen) atoms. The monoisotopic (exact) mass is 376 g/mol. The zero-order chi connectivity index (χ0) is 20.2. The Morgan fingerprint density at radius 1 is 1.33 bits per heavy atom. The molecule has 1 heterocycles. The first-order chi connectivity index (χ1) is 12.6. The Balaban J connectivity index is 2.39. The van der Waals surface area contributed by atoms with E-state index in [0.717, 1.165) is 18.4 Å². The number of allylic oxidation sites excluding steroid dienone is 3. The summed E-state index contributed by atoms with van der Waals surface area (Å²) in [5, 5.41) is 10.7. The van der Waals surface area contributed by atoms with Crippen LogP contribution in [0.25, 0.3) is 0 Å². The SMILES string of the molecule is C=C1C(=O)O[C@@]2(C)CC[C@H]1C[C@@H](OC(C)=O)/C(C)=C/C/C=C(\C)CC[C@H]2O. The number of rotatable bonds is 1. The zero-order valence-electron chi connectivity index (χ0n) is 16.9. The number of aliphatic hydroxyl groups is 1. The number of aliphatic hydroxyl groups excluding tert-OH is 1. The smallest absolute Gasteiger partial charge is 0.334 e. The third kappa shape index (κ3) is 5.55. The average molecular weight is 376 g/mol. The molecule has 1 aliphatic carbocycles. The van der Waals surface area contributed by atoms with E-state index in [4.69, 9.17) is 9.47 Å². The maximum atomic E-state index is 12.6. The highest BCUT2D eigenvalue weighted by Gasteiger charge is 2.42. The van der Waals surface area contributed by atoms with Gasteiger partial charge < -0.3 is 14.6 Å². The summed E-state index contributed by atoms with van der Waals surface area (Å²) in [5.74, 6) is -0.966. The number of carbonyl (C=O) groups excluding carboxylic acids is 2. The summed E-state index contributed by atoms with van der Waals surface area (Å²) in [4.78, 5) is 24.2. The third-order valence-electron chi connectivity index (χ3n) is 5.81. The minimum absolute atomic E-state index is 0.153. The molecule has 0 aromatic heterocycles. The lowest BCUT2D eigenvalue weighted by molar-refractivity contribution is -0.165. The number of carbonyl (C=O) groups is 2. The van der Waals surface area contributed by atoms with Crippen LogP contribution in [0.3, 0.4) is 0 Å². The van der Waals surface area contributed by atoms with Gasteiger partial charge in [-0.25, -0.2) is 4.79 Å². The van der Waals surface area contributed by atoms with Crippen molar-refractivity contribution >= 4 is 11.9 Å². The Kier molecular flexibility index (Phi) is 7.04. The van der Waals surface area contributed by atoms with Crippen molar-refractivity contribution in [2.45, 2.75) is 84.0 Å². The molecule has 1 fully saturated rings. The fourth-order valence-corrected chi connectivity index (χ4v) is 3.76. The fourth-order valence-electron chi connectivity index (χ4n) is 3.76. The van der Waals surface area contributed by atoms with Gasteiger partial charge in [-0.05, 0) is 70.8 Å². The molecule has 1 saturated heterocycles. The van der Waals surface area contributed by atoms with Crippen LogP contribution in [-0.4, -0.2) is 34.9 Å². The van der Waals surface area contributed by atoms with Gasteiger partial charge in [-0.2, -0.15) is 0 Å². The molecule has 0 saturated carbocycles. The highest BCUT2D eigenvalue weighted by Crippen LogP contribution is 2.37. The van der Waals surface area contributed by atoms with E-state index in [1.54, 1.807) is 6.92 Å². The van der Waals surface area contributed by atoms with Crippen molar-refractivity contribution in [2.24, 2.45) is 5.92 Å². The predicted octanol–water partition coefficient (Wildman–Crippen LogP) is 4.01. The molecule has 2 aliphatic rings. The molecule has 0 radical (unpaired) electrons. The molecule has 1 N–H and O–H groups in total. The van der Waals surface area contributed by atoms with Crippen LogP contribution < -0.4 is 0 Å². The molecule has 0 amide bonds. The van der Waals surface area contributed by atoms with Gasteiger partial charge in [0, 0.05) is 12.5 Å². The van der Waals surface area contributed by atoms with E-state index in [-0.39, 0.29) is 11.9 Å². The number of ether oxygens (including phenoxy) is 2. The molecule has 150 valence electrons. The van der Waals surface area contributed by atoms with E-state index in [1.165, 1.54) is 12.5 Å². The van der Waals surface area contributed by atoms with Crippen LogP contribution >= 0.6 is 0 Å². The van der Waals surface area contributed by atoms with Gasteiger partial charge in [0.15, 0.2) is 0 Å². The van der Waals surface area contributed by atoms with Gasteiger partial charge in [0.05, 0.1) is 6.10 Å². The maximum absolute atomic E-state index is 12.6. The van der Waals surface area contributed by atoms with Crippen molar-refractivity contribution in [3.8, 4) is 0 Å². The van der Waals surface area contributed by atoms with Gasteiger partial charge in [-0.3, -0.25) is 4.79 Å². The van der Waals surface area contributed by atoms with Gasteiger partial charge in [0.1, 0.15) is 11.7 Å². The van der Waals surface area contributed by atoms with Crippen LogP contribution in [0, 0.1) is 5.92 Å². The van der Waals surface area contributed by atoms with Crippen molar-refractivity contribution in [3.63, 3.8) is 0 Å². The molecule has 4 atom stereocenters. The standard InChI is InChI=1S/C22H32O5/c1-14-7-6-8-15(2)19(26-17(4)23)13-18-11-12-22(5,20(24)10-9-14)27-21(25)16(18)3/h7-8,18-20,24H,3,6,9-13H2,1-2,4-5H3/b14-7+,15-8+/t18-,19+,20+,22-/m0/s1. The zero-order valence-corrected chi connectivity index (χ0v) is 16.9. The molecule has 0 aromatic carbocycles. The maximum Gasteiger partial charge on any atom is 0.334 e. The second-order valence-corrected chi connectivity index (χ2v) is 8.09. The quantitative estimate of drug-likeness (QED) is 0.425. The molecule has 5 heteroatoms. The molecule has 0 spiro atoms. The third-order valence-corrected chi connectivity index (χ3v) is 5.81. The van der Waals surface area contributed by atoms with Crippen molar-refractivity contribution < 1.29 is 24.2 Å². The summed E-state index contributed by atoms with van der Waals surface area (Å²) < 4.78 is 11.2. The van der Waals surface area contributed by atoms with Gasteiger partial charge in [0.2, 0.25) is 0 Å². The minimum atomic E-state index is -0.930. The van der Waals surface area contributed by atoms with E-state index in [0.29, 0.717) is 31.3 Å². The summed E-state index contributed by atoms with van der Waals surface area (Å²) in [7, 11) is 0. The Bertz CT molecular complexity index is 660. The topological polar surface area (TPSA) is 72.8 Å². The van der Waals surface area contributed by atoms with Crippen molar-refractivity contribution in [2.75, 3.05) is 0 Å². The van der Waals surface area contributed by atoms with E-state index in [1.807, 2.05) is 13.8 Å². The molecule has 0 aromatic rings. The summed E-state index contributed by atoms with van der Waals surface area (Å²) in [6.45, 7) is 11.1. The van der Waals surface area contributed by atoms with Crippen molar-refractivity contribution in [1.29, 1.82) is 0 Å². The molecular weight excluding hydrogens is 344 g/mol. The summed E-state index contributed by atoms with van der Waals surface area (Å²) in [5.41, 5.74) is 1.60. The van der Waals surface area contributed by atoms with Gasteiger partial charge in [0.25, 0.3) is 0 Å². The second kappa shape index (κ2) is 8.87. The summed E-state index contributed by atoms with van der Waals surface area (Å²) in [6.07, 6.45) is 6.74. The number of fused-ring (bicyclic) bond motifs is 3. The van der Waals surface area contributed by atoms with Crippen LogP contribution in [0.2, 0.25) is 0 Å². The van der Waals surface area contributed by atoms with E-state index >= 15 is 0 Å². The average Bonchev–Trinajstić information content (AvgIpc) is 2.70. The molecular formula is C22H32O5. The highest BCUT2D eigenvalue weighted by molar-refractivity contribution is 5.89. The number of esters is 2. The molecule has 1 aliphatic heterocycles. The van der Waals surface area contributed by atoms with E-state index < -0.39 is 23.8 Å². The predicted molar refractivity (Wildman–Crippen MR) is 104 cm³/mol. The van der Waals surface area contributed by atoms with Gasteiger partial charge in [-0.1, -0.05) is 24.3 Å². The Morgan fingerprint density at radius 2 is 2.04 bits per heavy atom. The normalized spacial score (nSPS) is 37.1. The first-order valence-electron chi connectivity index (χ1n) is 9.72. The summed E-state index contributed by atoms with van der Waals surface area (Å²) in [6, 6.07) is 0. The van der Waals surface area contributed by atoms with Crippen LogP contribution in [0.1, 0.15) is 66.2 Å². The lowest BCUT2D eigenvalue weighted by Crippen LogP contribution is -2.43. The fraction of sp³-hybridized carbons (Fsp3) is 0.636. The first-order valence-corrected chi connectivity index (χ1v) is 9.72. The van der Waals surface area contributed by atoms with E-state index in [9.17, 15) is 14.7 Å². The van der Waals surface area contributed by atoms with Crippen molar-refractivity contribution in [1.82, 2.24) is 0 Å². The lowest BCUT2D eigenvalue weighted by atomic mass is 9.83. The number of hydrogen-bond donors (Lipinski definition) is 1. The van der Waals surface area contributed by atoms with E-state index in [2.05, 4.69) is 18.7 Å². The van der Waals surface area contributed by atoms with Crippen LogP contribution in [0.15, 0.2) is 35.5 Å². The molecule has 0 unspecified atom stereocenters. The number of hydrogen-bond acceptors (Lipinski definition) is 5. The minimum Gasteiger partial charge on any atom is -0.458 e. The van der Waals surface area contributed by atoms with Gasteiger partial charge >= 0.3 is 11.9 Å². The first kappa shape index (κ1) is 21.4. The molecule has 2 bridgehead atoms. The summed E-state index contributed by atoms with van der Waals surface area (Å²) >= 11 is 0.